The fraction of sp³-hybridized carbons (Fsp3) is 0.524. The van der Waals surface area contributed by atoms with Gasteiger partial charge in [-0.05, 0) is 44.0 Å². The summed E-state index contributed by atoms with van der Waals surface area (Å²) in [6, 6.07) is 6.04. The van der Waals surface area contributed by atoms with Gasteiger partial charge in [-0.3, -0.25) is 14.5 Å². The van der Waals surface area contributed by atoms with Gasteiger partial charge in [0.25, 0.3) is 11.8 Å². The second-order valence-electron chi connectivity index (χ2n) is 7.43. The van der Waals surface area contributed by atoms with Crippen molar-refractivity contribution in [2.24, 2.45) is 0 Å². The van der Waals surface area contributed by atoms with E-state index in [1.54, 1.807) is 0 Å². The Morgan fingerprint density at radius 2 is 1.65 bits per heavy atom. The van der Waals surface area contributed by atoms with Crippen molar-refractivity contribution in [3.8, 4) is 0 Å². The monoisotopic (exact) mass is 355 g/mol. The molecular weight excluding hydrogens is 326 g/mol. The fourth-order valence-electron chi connectivity index (χ4n) is 3.56. The number of benzene rings is 1. The molecule has 26 heavy (non-hydrogen) atoms. The van der Waals surface area contributed by atoms with Crippen molar-refractivity contribution in [1.29, 1.82) is 0 Å². The Morgan fingerprint density at radius 1 is 0.962 bits per heavy atom. The smallest absolute Gasteiger partial charge is 0.277 e. The summed E-state index contributed by atoms with van der Waals surface area (Å²) in [5.74, 6) is -0.262. The molecule has 2 aliphatic heterocycles. The number of nitrogens with zero attached hydrogens (tertiary/aromatic N) is 3. The molecule has 0 unspecified atom stereocenters. The molecule has 140 valence electrons. The maximum Gasteiger partial charge on any atom is 0.277 e. The van der Waals surface area contributed by atoms with Gasteiger partial charge in [-0.1, -0.05) is 31.5 Å². The van der Waals surface area contributed by atoms with E-state index >= 15 is 0 Å². The number of aryl methyl sites for hydroxylation is 2. The van der Waals surface area contributed by atoms with Crippen LogP contribution in [0.2, 0.25) is 0 Å². The molecule has 2 aliphatic rings. The number of amides is 2. The van der Waals surface area contributed by atoms with Gasteiger partial charge in [0.1, 0.15) is 5.70 Å². The van der Waals surface area contributed by atoms with Crippen LogP contribution < -0.4 is 0 Å². The second kappa shape index (κ2) is 7.62. The predicted molar refractivity (Wildman–Crippen MR) is 104 cm³/mol. The normalized spacial score (nSPS) is 19.1. The van der Waals surface area contributed by atoms with Gasteiger partial charge in [0.15, 0.2) is 0 Å². The van der Waals surface area contributed by atoms with Crippen LogP contribution in [0.5, 0.6) is 0 Å². The number of rotatable bonds is 5. The van der Waals surface area contributed by atoms with E-state index in [0.717, 1.165) is 50.1 Å². The Morgan fingerprint density at radius 3 is 2.27 bits per heavy atom. The number of likely N-dealkylation sites (N-methyl/N-ethyl adjacent to an activating group) is 1. The van der Waals surface area contributed by atoms with Gasteiger partial charge in [0, 0.05) is 32.7 Å². The minimum absolute atomic E-state index is 0.124. The lowest BCUT2D eigenvalue weighted by atomic mass is 9.99. The molecule has 1 saturated heterocycles. The summed E-state index contributed by atoms with van der Waals surface area (Å²) in [5.41, 5.74) is 4.37. The van der Waals surface area contributed by atoms with E-state index in [1.165, 1.54) is 10.5 Å². The molecule has 0 aromatic heterocycles. The zero-order chi connectivity index (χ0) is 18.8. The fourth-order valence-corrected chi connectivity index (χ4v) is 3.56. The van der Waals surface area contributed by atoms with E-state index in [-0.39, 0.29) is 11.8 Å². The Balaban J connectivity index is 2.03. The number of carbonyl (C=O) groups is 2. The number of piperazine rings is 1. The third-order valence-corrected chi connectivity index (χ3v) is 5.49. The first-order valence-corrected chi connectivity index (χ1v) is 9.55. The average molecular weight is 355 g/mol. The minimum atomic E-state index is -0.138. The zero-order valence-corrected chi connectivity index (χ0v) is 16.3. The predicted octanol–water partition coefficient (Wildman–Crippen LogP) is 2.43. The molecule has 2 amide bonds. The molecular formula is C21H29N3O2. The first-order chi connectivity index (χ1) is 12.4. The highest BCUT2D eigenvalue weighted by Crippen LogP contribution is 2.33. The Kier molecular flexibility index (Phi) is 5.47. The summed E-state index contributed by atoms with van der Waals surface area (Å²) in [6.07, 6.45) is 1.80. The molecule has 0 radical (unpaired) electrons. The minimum Gasteiger partial charge on any atom is -0.364 e. The van der Waals surface area contributed by atoms with Crippen LogP contribution >= 0.6 is 0 Å². The van der Waals surface area contributed by atoms with Crippen LogP contribution in [-0.4, -0.2) is 66.3 Å². The molecule has 0 spiro atoms. The van der Waals surface area contributed by atoms with Crippen LogP contribution in [-0.2, 0) is 9.59 Å². The maximum absolute atomic E-state index is 13.1. The van der Waals surface area contributed by atoms with Crippen molar-refractivity contribution in [3.05, 3.63) is 40.6 Å². The highest BCUT2D eigenvalue weighted by atomic mass is 16.2. The second-order valence-corrected chi connectivity index (χ2v) is 7.43. The topological polar surface area (TPSA) is 43.9 Å². The van der Waals surface area contributed by atoms with E-state index in [0.29, 0.717) is 17.8 Å². The lowest BCUT2D eigenvalue weighted by Crippen LogP contribution is -2.46. The lowest BCUT2D eigenvalue weighted by molar-refractivity contribution is -0.137. The van der Waals surface area contributed by atoms with Gasteiger partial charge >= 0.3 is 0 Å². The number of hydrogen-bond donors (Lipinski definition) is 0. The molecule has 3 rings (SSSR count). The SMILES string of the molecule is CCCCN1C(=O)C(c2ccc(C)c(C)c2)=C(N2CCN(C)CC2)C1=O. The number of carbonyl (C=O) groups excluding carboxylic acids is 2. The molecule has 0 atom stereocenters. The van der Waals surface area contributed by atoms with Gasteiger partial charge in [-0.25, -0.2) is 0 Å². The largest absolute Gasteiger partial charge is 0.364 e. The van der Waals surface area contributed by atoms with Gasteiger partial charge in [0.2, 0.25) is 0 Å². The van der Waals surface area contributed by atoms with Crippen molar-refractivity contribution in [2.75, 3.05) is 39.8 Å². The Hall–Kier alpha value is -2.14. The Labute approximate surface area is 156 Å². The van der Waals surface area contributed by atoms with Crippen LogP contribution in [0, 0.1) is 13.8 Å². The molecule has 5 heteroatoms. The van der Waals surface area contributed by atoms with Crippen LogP contribution in [0.3, 0.4) is 0 Å². The van der Waals surface area contributed by atoms with Crippen molar-refractivity contribution in [2.45, 2.75) is 33.6 Å². The van der Waals surface area contributed by atoms with Gasteiger partial charge in [0.05, 0.1) is 5.57 Å². The van der Waals surface area contributed by atoms with E-state index in [1.807, 2.05) is 25.1 Å². The summed E-state index contributed by atoms with van der Waals surface area (Å²) in [6.45, 7) is 10.0. The van der Waals surface area contributed by atoms with Crippen molar-refractivity contribution in [3.63, 3.8) is 0 Å². The van der Waals surface area contributed by atoms with Crippen molar-refractivity contribution < 1.29 is 9.59 Å². The van der Waals surface area contributed by atoms with Crippen LogP contribution in [0.25, 0.3) is 5.57 Å². The third kappa shape index (κ3) is 3.40. The van der Waals surface area contributed by atoms with E-state index in [2.05, 4.69) is 30.7 Å². The van der Waals surface area contributed by atoms with Crippen molar-refractivity contribution in [1.82, 2.24) is 14.7 Å². The zero-order valence-electron chi connectivity index (χ0n) is 16.3. The Bertz CT molecular complexity index is 746. The van der Waals surface area contributed by atoms with Crippen LogP contribution in [0.15, 0.2) is 23.9 Å². The average Bonchev–Trinajstić information content (AvgIpc) is 2.87. The molecule has 2 heterocycles. The van der Waals surface area contributed by atoms with E-state index in [4.69, 9.17) is 0 Å². The summed E-state index contributed by atoms with van der Waals surface area (Å²) in [5, 5.41) is 0. The quantitative estimate of drug-likeness (QED) is 0.761. The van der Waals surface area contributed by atoms with E-state index < -0.39 is 0 Å². The third-order valence-electron chi connectivity index (χ3n) is 5.49. The first-order valence-electron chi connectivity index (χ1n) is 9.55. The molecule has 0 saturated carbocycles. The molecule has 0 bridgehead atoms. The first kappa shape index (κ1) is 18.6. The summed E-state index contributed by atoms with van der Waals surface area (Å²) in [4.78, 5) is 32.1. The van der Waals surface area contributed by atoms with Gasteiger partial charge in [-0.15, -0.1) is 0 Å². The van der Waals surface area contributed by atoms with Gasteiger partial charge in [-0.2, -0.15) is 0 Å². The molecule has 1 aromatic carbocycles. The lowest BCUT2D eigenvalue weighted by Gasteiger charge is -2.34. The summed E-state index contributed by atoms with van der Waals surface area (Å²) >= 11 is 0. The molecule has 1 aromatic rings. The van der Waals surface area contributed by atoms with Crippen LogP contribution in [0.1, 0.15) is 36.5 Å². The molecule has 0 N–H and O–H groups in total. The molecule has 5 nitrogen and oxygen atoms in total. The highest BCUT2D eigenvalue weighted by molar-refractivity contribution is 6.35. The summed E-state index contributed by atoms with van der Waals surface area (Å²) < 4.78 is 0. The number of imide groups is 1. The van der Waals surface area contributed by atoms with E-state index in [9.17, 15) is 9.59 Å². The summed E-state index contributed by atoms with van der Waals surface area (Å²) in [7, 11) is 2.09. The van der Waals surface area contributed by atoms with Crippen molar-refractivity contribution >= 4 is 17.4 Å². The number of unbranched alkanes of at least 4 members (excludes halogenated alkanes) is 1. The molecule has 0 aliphatic carbocycles. The standard InChI is InChI=1S/C21H29N3O2/c1-5-6-9-24-20(25)18(17-8-7-15(2)16(3)14-17)19(21(24)26)23-12-10-22(4)11-13-23/h7-8,14H,5-6,9-13H2,1-4H3. The van der Waals surface area contributed by atoms with Gasteiger partial charge < -0.3 is 9.80 Å². The van der Waals surface area contributed by atoms with Crippen LogP contribution in [0.4, 0.5) is 0 Å². The highest BCUT2D eigenvalue weighted by Gasteiger charge is 2.41. The molecule has 1 fully saturated rings. The maximum atomic E-state index is 13.1. The number of hydrogen-bond acceptors (Lipinski definition) is 4.